The first-order chi connectivity index (χ1) is 12.7. The lowest BCUT2D eigenvalue weighted by atomic mass is 9.79. The van der Waals surface area contributed by atoms with Gasteiger partial charge in [-0.1, -0.05) is 0 Å². The quantitative estimate of drug-likeness (QED) is 0.750. The number of carbonyl (C=O) groups is 1. The molecule has 1 aliphatic heterocycles. The first-order valence-electron chi connectivity index (χ1n) is 9.33. The van der Waals surface area contributed by atoms with E-state index in [2.05, 4.69) is 33.8 Å². The third kappa shape index (κ3) is 2.90. The summed E-state index contributed by atoms with van der Waals surface area (Å²) in [4.78, 5) is 17.2. The molecule has 3 aliphatic rings. The van der Waals surface area contributed by atoms with Crippen LogP contribution >= 0.6 is 34.9 Å². The second-order valence-electron chi connectivity index (χ2n) is 7.46. The monoisotopic (exact) mass is 402 g/mol. The molecule has 1 N–H and O–H groups in total. The molecule has 2 saturated carbocycles. The van der Waals surface area contributed by atoms with Crippen LogP contribution in [0.2, 0.25) is 0 Å². The molecule has 1 aromatic heterocycles. The van der Waals surface area contributed by atoms with Gasteiger partial charge in [0.2, 0.25) is 5.91 Å². The summed E-state index contributed by atoms with van der Waals surface area (Å²) in [6.07, 6.45) is 6.59. The second kappa shape index (κ2) is 6.88. The number of anilines is 1. The molecule has 2 unspecified atom stereocenters. The fourth-order valence-electron chi connectivity index (χ4n) is 4.92. The Morgan fingerprint density at radius 2 is 1.77 bits per heavy atom. The molecule has 3 fully saturated rings. The van der Waals surface area contributed by atoms with Crippen molar-refractivity contribution in [3.8, 4) is 10.6 Å². The van der Waals surface area contributed by atoms with Crippen molar-refractivity contribution in [1.29, 1.82) is 0 Å². The normalized spacial score (nSPS) is 29.2. The number of hydrogen-bond donors (Lipinski definition) is 1. The van der Waals surface area contributed by atoms with Crippen molar-refractivity contribution in [3.05, 3.63) is 35.8 Å². The van der Waals surface area contributed by atoms with Crippen LogP contribution in [0.15, 0.2) is 35.8 Å². The summed E-state index contributed by atoms with van der Waals surface area (Å²) < 4.78 is 0.451. The number of aromatic nitrogens is 1. The fraction of sp³-hybridized carbons (Fsp3) is 0.500. The number of amides is 1. The Bertz CT molecular complexity index is 768. The van der Waals surface area contributed by atoms with Gasteiger partial charge in [0.15, 0.2) is 0 Å². The Morgan fingerprint density at radius 1 is 1.08 bits per heavy atom. The number of thiazole rings is 1. The zero-order valence-corrected chi connectivity index (χ0v) is 17.0. The molecule has 2 aromatic rings. The first-order valence-corrected chi connectivity index (χ1v) is 12.2. The lowest BCUT2D eigenvalue weighted by molar-refractivity contribution is -0.121. The molecular formula is C20H22N2OS3. The maximum atomic E-state index is 12.9. The molecule has 2 atom stereocenters. The number of thioether (sulfide) groups is 2. The minimum Gasteiger partial charge on any atom is -0.326 e. The van der Waals surface area contributed by atoms with E-state index in [1.54, 1.807) is 11.3 Å². The molecule has 2 bridgehead atoms. The minimum absolute atomic E-state index is 0.179. The van der Waals surface area contributed by atoms with E-state index in [-0.39, 0.29) is 11.8 Å². The van der Waals surface area contributed by atoms with Crippen LogP contribution in [-0.2, 0) is 4.79 Å². The standard InChI is InChI=1S/C20H22N2OS3/c23-18(22-17-5-1-13(2-6-17)19-21-7-8-24-19)14-11-15-3-4-16(12-14)20(15)25-9-10-26-20/h1-2,5-8,14-16H,3-4,9-12H2,(H,22,23). The Morgan fingerprint density at radius 3 is 2.38 bits per heavy atom. The van der Waals surface area contributed by atoms with Gasteiger partial charge in [-0.25, -0.2) is 4.98 Å². The zero-order valence-electron chi connectivity index (χ0n) is 14.5. The molecule has 1 aromatic carbocycles. The van der Waals surface area contributed by atoms with E-state index in [0.29, 0.717) is 4.08 Å². The average molecular weight is 403 g/mol. The molecule has 1 amide bonds. The Hall–Kier alpha value is -0.980. The lowest BCUT2D eigenvalue weighted by Gasteiger charge is -2.42. The molecular weight excluding hydrogens is 380 g/mol. The summed E-state index contributed by atoms with van der Waals surface area (Å²) in [5, 5.41) is 6.16. The highest BCUT2D eigenvalue weighted by molar-refractivity contribution is 8.21. The predicted molar refractivity (Wildman–Crippen MR) is 113 cm³/mol. The maximum Gasteiger partial charge on any atom is 0.227 e. The van der Waals surface area contributed by atoms with Crippen LogP contribution in [0.3, 0.4) is 0 Å². The van der Waals surface area contributed by atoms with Crippen molar-refractivity contribution >= 4 is 46.5 Å². The summed E-state index contributed by atoms with van der Waals surface area (Å²) in [5.74, 6) is 4.42. The van der Waals surface area contributed by atoms with Gasteiger partial charge in [-0.05, 0) is 61.8 Å². The van der Waals surface area contributed by atoms with Crippen LogP contribution in [0.1, 0.15) is 25.7 Å². The topological polar surface area (TPSA) is 42.0 Å². The third-order valence-corrected chi connectivity index (χ3v) is 10.9. The number of benzene rings is 1. The molecule has 136 valence electrons. The Kier molecular flexibility index (Phi) is 4.53. The predicted octanol–water partition coefficient (Wildman–Crippen LogP) is 5.36. The van der Waals surface area contributed by atoms with Crippen LogP contribution in [0.4, 0.5) is 5.69 Å². The van der Waals surface area contributed by atoms with Crippen LogP contribution in [0, 0.1) is 17.8 Å². The van der Waals surface area contributed by atoms with E-state index < -0.39 is 0 Å². The van der Waals surface area contributed by atoms with Crippen molar-refractivity contribution in [1.82, 2.24) is 4.98 Å². The molecule has 2 aliphatic carbocycles. The number of hydrogen-bond acceptors (Lipinski definition) is 5. The van der Waals surface area contributed by atoms with Crippen molar-refractivity contribution in [2.24, 2.45) is 17.8 Å². The van der Waals surface area contributed by atoms with Gasteiger partial charge in [-0.3, -0.25) is 4.79 Å². The molecule has 1 spiro atoms. The van der Waals surface area contributed by atoms with Gasteiger partial charge < -0.3 is 5.32 Å². The highest BCUT2D eigenvalue weighted by Crippen LogP contribution is 2.65. The molecule has 5 rings (SSSR count). The first kappa shape index (κ1) is 17.1. The molecule has 0 radical (unpaired) electrons. The second-order valence-corrected chi connectivity index (χ2v) is 11.4. The molecule has 1 saturated heterocycles. The number of carbonyl (C=O) groups excluding carboxylic acids is 1. The van der Waals surface area contributed by atoms with Gasteiger partial charge in [-0.2, -0.15) is 0 Å². The van der Waals surface area contributed by atoms with Gasteiger partial charge in [-0.15, -0.1) is 34.9 Å². The Balaban J connectivity index is 1.25. The van der Waals surface area contributed by atoms with E-state index in [1.807, 2.05) is 35.8 Å². The number of nitrogens with one attached hydrogen (secondary N) is 1. The minimum atomic E-state index is 0.179. The lowest BCUT2D eigenvalue weighted by Crippen LogP contribution is -2.41. The van der Waals surface area contributed by atoms with E-state index >= 15 is 0 Å². The SMILES string of the molecule is O=C(Nc1ccc(-c2nccs2)cc1)C1CC2CCC(C1)C21SCCS1. The van der Waals surface area contributed by atoms with Crippen LogP contribution in [-0.4, -0.2) is 26.5 Å². The summed E-state index contributed by atoms with van der Waals surface area (Å²) in [6.45, 7) is 0. The molecule has 3 nitrogen and oxygen atoms in total. The van der Waals surface area contributed by atoms with E-state index in [0.717, 1.165) is 40.9 Å². The van der Waals surface area contributed by atoms with Gasteiger partial charge in [0, 0.05) is 40.3 Å². The van der Waals surface area contributed by atoms with Gasteiger partial charge in [0.05, 0.1) is 4.08 Å². The van der Waals surface area contributed by atoms with Crippen LogP contribution in [0.5, 0.6) is 0 Å². The molecule has 6 heteroatoms. The van der Waals surface area contributed by atoms with Crippen molar-refractivity contribution in [2.75, 3.05) is 16.8 Å². The van der Waals surface area contributed by atoms with Crippen molar-refractivity contribution < 1.29 is 4.79 Å². The highest BCUT2D eigenvalue weighted by atomic mass is 32.2. The van der Waals surface area contributed by atoms with E-state index in [9.17, 15) is 4.79 Å². The molecule has 2 heterocycles. The maximum absolute atomic E-state index is 12.9. The van der Waals surface area contributed by atoms with E-state index in [4.69, 9.17) is 0 Å². The molecule has 26 heavy (non-hydrogen) atoms. The zero-order chi connectivity index (χ0) is 17.6. The summed E-state index contributed by atoms with van der Waals surface area (Å²) >= 11 is 6.01. The van der Waals surface area contributed by atoms with Gasteiger partial charge in [0.1, 0.15) is 5.01 Å². The van der Waals surface area contributed by atoms with Crippen molar-refractivity contribution in [3.63, 3.8) is 0 Å². The summed E-state index contributed by atoms with van der Waals surface area (Å²) in [5.41, 5.74) is 2.00. The Labute approximate surface area is 166 Å². The van der Waals surface area contributed by atoms with Crippen LogP contribution in [0.25, 0.3) is 10.6 Å². The van der Waals surface area contributed by atoms with Crippen LogP contribution < -0.4 is 5.32 Å². The number of rotatable bonds is 3. The third-order valence-electron chi connectivity index (χ3n) is 6.08. The van der Waals surface area contributed by atoms with Gasteiger partial charge in [0.25, 0.3) is 0 Å². The number of nitrogens with zero attached hydrogens (tertiary/aromatic N) is 1. The largest absolute Gasteiger partial charge is 0.326 e. The van der Waals surface area contributed by atoms with E-state index in [1.165, 1.54) is 24.3 Å². The smallest absolute Gasteiger partial charge is 0.227 e. The van der Waals surface area contributed by atoms with Crippen molar-refractivity contribution in [2.45, 2.75) is 29.8 Å². The fourth-order valence-corrected chi connectivity index (χ4v) is 9.50. The average Bonchev–Trinajstić information content (AvgIpc) is 3.38. The highest BCUT2D eigenvalue weighted by Gasteiger charge is 2.57. The van der Waals surface area contributed by atoms with Gasteiger partial charge >= 0.3 is 0 Å². The summed E-state index contributed by atoms with van der Waals surface area (Å²) in [6, 6.07) is 8.08. The summed E-state index contributed by atoms with van der Waals surface area (Å²) in [7, 11) is 0.